The topological polar surface area (TPSA) is 210 Å². The molecule has 1 atom stereocenters. The molecule has 0 aliphatic carbocycles. The summed E-state index contributed by atoms with van der Waals surface area (Å²) in [6, 6.07) is 18.7. The lowest BCUT2D eigenvalue weighted by molar-refractivity contribution is -0.136. The van der Waals surface area contributed by atoms with Crippen LogP contribution in [0.25, 0.3) is 10.9 Å². The lowest BCUT2D eigenvalue weighted by Gasteiger charge is -2.36. The molecule has 3 saturated heterocycles. The molecule has 5 aromatic rings. The first-order chi connectivity index (χ1) is 32.9. The molecular weight excluding hydrogens is 879 g/mol. The number of anilines is 4. The number of amides is 6. The number of unbranched alkanes of at least 4 members (excludes halogenated alkanes) is 1. The third kappa shape index (κ3) is 10.5. The van der Waals surface area contributed by atoms with Crippen molar-refractivity contribution < 1.29 is 42.3 Å². The number of H-pyrrole nitrogens is 1. The molecule has 0 bridgehead atoms. The molecule has 68 heavy (non-hydrogen) atoms. The third-order valence-corrected chi connectivity index (χ3v) is 12.8. The number of carbonyl (C=O) groups is 6. The number of nitrogens with zero attached hydrogens (tertiary/aromatic N) is 4. The maximum absolute atomic E-state index is 14.0. The number of hydrogen-bond acceptors (Lipinski definition) is 12. The summed E-state index contributed by atoms with van der Waals surface area (Å²) in [5, 5.41) is 23.1. The normalized spacial score (nSPS) is 17.9. The van der Waals surface area contributed by atoms with Crippen molar-refractivity contribution in [1.82, 2.24) is 30.6 Å². The number of rotatable bonds is 16. The van der Waals surface area contributed by atoms with Crippen molar-refractivity contribution in [2.75, 3.05) is 79.9 Å². The fraction of sp³-hybridized carbons (Fsp3) is 0.367. The number of ether oxygens (including phenoxy) is 1. The molecule has 19 heteroatoms. The third-order valence-electron chi connectivity index (χ3n) is 12.8. The van der Waals surface area contributed by atoms with Gasteiger partial charge in [-0.05, 0) is 110 Å². The summed E-state index contributed by atoms with van der Waals surface area (Å²) in [7, 11) is 0. The maximum atomic E-state index is 14.0. The Morgan fingerprint density at radius 3 is 2.34 bits per heavy atom. The zero-order chi connectivity index (χ0) is 47.3. The highest BCUT2D eigenvalue weighted by atomic mass is 19.1. The minimum absolute atomic E-state index is 0.0555. The predicted octanol–water partition coefficient (Wildman–Crippen LogP) is 4.81. The van der Waals surface area contributed by atoms with Gasteiger partial charge >= 0.3 is 0 Å². The van der Waals surface area contributed by atoms with E-state index < -0.39 is 41.3 Å². The zero-order valence-electron chi connectivity index (χ0n) is 37.3. The van der Waals surface area contributed by atoms with Crippen LogP contribution in [0.2, 0.25) is 0 Å². The number of piperazine rings is 1. The molecule has 0 saturated carbocycles. The molecule has 1 unspecified atom stereocenters. The van der Waals surface area contributed by atoms with Gasteiger partial charge in [0.05, 0.1) is 28.8 Å². The van der Waals surface area contributed by atoms with Gasteiger partial charge < -0.3 is 30.9 Å². The average molecular weight is 931 g/mol. The summed E-state index contributed by atoms with van der Waals surface area (Å²) in [5.41, 5.74) is 5.16. The molecule has 6 N–H and O–H groups in total. The summed E-state index contributed by atoms with van der Waals surface area (Å²) in [6.45, 7) is 5.29. The fourth-order valence-corrected chi connectivity index (χ4v) is 9.21. The first kappa shape index (κ1) is 45.9. The van der Waals surface area contributed by atoms with Crippen molar-refractivity contribution in [3.8, 4) is 0 Å². The highest BCUT2D eigenvalue weighted by Crippen LogP contribution is 2.31. The molecule has 354 valence electrons. The molecule has 1 aromatic heterocycles. The van der Waals surface area contributed by atoms with E-state index in [0.717, 1.165) is 47.9 Å². The summed E-state index contributed by atoms with van der Waals surface area (Å²) in [6.07, 6.45) is 3.49. The summed E-state index contributed by atoms with van der Waals surface area (Å²) in [5.74, 6) is -3.54. The minimum atomic E-state index is -1.02. The van der Waals surface area contributed by atoms with Crippen LogP contribution in [0.3, 0.4) is 0 Å². The Bertz CT molecular complexity index is 2750. The molecule has 4 aliphatic heterocycles. The molecule has 0 spiro atoms. The minimum Gasteiger partial charge on any atom is -0.385 e. The predicted molar refractivity (Wildman–Crippen MR) is 250 cm³/mol. The number of benzene rings is 4. The molecule has 17 nitrogen and oxygen atoms in total. The number of fused-ring (bicyclic) bond motifs is 2. The SMILES string of the molecule is O=C(CN1CCN(c2ccc(C(=O)Nc3n[nH]c4ccc(Cc5cc(F)cc(F)c5)cc34)c(NC3CCOCC3)c2)CC1)NCCCCNc1ccc2c(c1)C(=O)N(C1CCC(=O)NC1=O)C2=O. The quantitative estimate of drug-likeness (QED) is 0.0582. The monoisotopic (exact) mass is 930 g/mol. The van der Waals surface area contributed by atoms with Gasteiger partial charge in [-0.1, -0.05) is 6.07 Å². The van der Waals surface area contributed by atoms with Crippen LogP contribution >= 0.6 is 0 Å². The Kier molecular flexibility index (Phi) is 13.7. The van der Waals surface area contributed by atoms with Gasteiger partial charge in [-0.25, -0.2) is 8.78 Å². The van der Waals surface area contributed by atoms with Crippen molar-refractivity contribution >= 4 is 69.2 Å². The first-order valence-electron chi connectivity index (χ1n) is 23.0. The van der Waals surface area contributed by atoms with Gasteiger partial charge in [0.25, 0.3) is 17.7 Å². The van der Waals surface area contributed by atoms with E-state index in [9.17, 15) is 37.5 Å². The van der Waals surface area contributed by atoms with E-state index in [1.807, 2.05) is 36.4 Å². The van der Waals surface area contributed by atoms with Crippen LogP contribution in [-0.4, -0.2) is 127 Å². The maximum Gasteiger partial charge on any atom is 0.262 e. The van der Waals surface area contributed by atoms with E-state index >= 15 is 0 Å². The van der Waals surface area contributed by atoms with E-state index in [1.165, 1.54) is 12.1 Å². The average Bonchev–Trinajstić information content (AvgIpc) is 3.83. The van der Waals surface area contributed by atoms with Crippen LogP contribution in [0, 0.1) is 11.6 Å². The molecule has 9 rings (SSSR count). The highest BCUT2D eigenvalue weighted by molar-refractivity contribution is 6.23. The lowest BCUT2D eigenvalue weighted by Crippen LogP contribution is -2.54. The number of hydrogen-bond donors (Lipinski definition) is 6. The smallest absolute Gasteiger partial charge is 0.262 e. The lowest BCUT2D eigenvalue weighted by atomic mass is 10.0. The molecule has 3 fully saturated rings. The second-order valence-electron chi connectivity index (χ2n) is 17.6. The Balaban J connectivity index is 0.742. The number of aromatic amines is 1. The molecule has 6 amide bonds. The summed E-state index contributed by atoms with van der Waals surface area (Å²) < 4.78 is 33.4. The van der Waals surface area contributed by atoms with Crippen LogP contribution in [-0.2, 0) is 25.5 Å². The Hall–Kier alpha value is -7.25. The van der Waals surface area contributed by atoms with E-state index in [2.05, 4.69) is 46.6 Å². The van der Waals surface area contributed by atoms with Gasteiger partial charge in [-0.3, -0.25) is 49.0 Å². The number of imide groups is 2. The van der Waals surface area contributed by atoms with E-state index in [0.29, 0.717) is 98.1 Å². The molecular formula is C49H52F2N10O7. The second kappa shape index (κ2) is 20.3. The number of carbonyl (C=O) groups excluding carboxylic acids is 6. The summed E-state index contributed by atoms with van der Waals surface area (Å²) in [4.78, 5) is 82.3. The van der Waals surface area contributed by atoms with Gasteiger partial charge in [0.2, 0.25) is 17.7 Å². The standard InChI is InChI=1S/C49H52F2N10O7/c50-31-22-30(23-32(51)25-31)21-29-3-8-40-39(24-29)45(58-57-40)56-46(64)37-7-5-35(27-41(37)54-33-11-19-68-20-12-33)60-17-15-59(16-18-60)28-44(63)53-14-2-1-13-52-34-4-6-36-38(26-34)49(67)61(48(36)66)42-9-10-43(62)55-47(42)65/h3-8,22-27,33,42,52,54H,1-2,9-21,28H2,(H,53,63)(H,55,62,65)(H2,56,57,58,64). The highest BCUT2D eigenvalue weighted by Gasteiger charge is 2.44. The van der Waals surface area contributed by atoms with Gasteiger partial charge in [-0.15, -0.1) is 0 Å². The number of aromatic nitrogens is 2. The molecule has 5 heterocycles. The largest absolute Gasteiger partial charge is 0.385 e. The van der Waals surface area contributed by atoms with Gasteiger partial charge in [0.15, 0.2) is 5.82 Å². The van der Waals surface area contributed by atoms with Crippen LogP contribution in [0.1, 0.15) is 80.7 Å². The number of nitrogens with one attached hydrogen (secondary N) is 6. The van der Waals surface area contributed by atoms with Gasteiger partial charge in [-0.2, -0.15) is 5.10 Å². The molecule has 4 aliphatic rings. The summed E-state index contributed by atoms with van der Waals surface area (Å²) >= 11 is 0. The van der Waals surface area contributed by atoms with Crippen LogP contribution in [0.5, 0.6) is 0 Å². The van der Waals surface area contributed by atoms with Crippen LogP contribution < -0.4 is 31.5 Å². The van der Waals surface area contributed by atoms with Gasteiger partial charge in [0, 0.05) is 93.5 Å². The Morgan fingerprint density at radius 1 is 0.794 bits per heavy atom. The van der Waals surface area contributed by atoms with Crippen molar-refractivity contribution in [3.63, 3.8) is 0 Å². The van der Waals surface area contributed by atoms with Crippen LogP contribution in [0.4, 0.5) is 31.7 Å². The van der Waals surface area contributed by atoms with E-state index in [-0.39, 0.29) is 48.4 Å². The number of piperidine rings is 1. The molecule has 0 radical (unpaired) electrons. The second-order valence-corrected chi connectivity index (χ2v) is 17.6. The van der Waals surface area contributed by atoms with E-state index in [1.54, 1.807) is 18.2 Å². The van der Waals surface area contributed by atoms with Gasteiger partial charge in [0.1, 0.15) is 17.7 Å². The Labute approximate surface area is 390 Å². The van der Waals surface area contributed by atoms with E-state index in [4.69, 9.17) is 4.74 Å². The van der Waals surface area contributed by atoms with Crippen molar-refractivity contribution in [2.24, 2.45) is 0 Å². The zero-order valence-corrected chi connectivity index (χ0v) is 37.3. The first-order valence-corrected chi connectivity index (χ1v) is 23.0. The van der Waals surface area contributed by atoms with Crippen molar-refractivity contribution in [1.29, 1.82) is 0 Å². The number of halogens is 2. The molecule has 4 aromatic carbocycles. The van der Waals surface area contributed by atoms with Crippen molar-refractivity contribution in [2.45, 2.75) is 57.0 Å². The van der Waals surface area contributed by atoms with Crippen molar-refractivity contribution in [3.05, 3.63) is 112 Å². The fourth-order valence-electron chi connectivity index (χ4n) is 9.21. The Morgan fingerprint density at radius 2 is 1.56 bits per heavy atom. The van der Waals surface area contributed by atoms with Crippen LogP contribution in [0.15, 0.2) is 72.8 Å².